The predicted molar refractivity (Wildman–Crippen MR) is 106 cm³/mol. The van der Waals surface area contributed by atoms with Crippen LogP contribution in [0.3, 0.4) is 0 Å². The normalized spacial score (nSPS) is 19.0. The van der Waals surface area contributed by atoms with Crippen molar-refractivity contribution in [3.63, 3.8) is 0 Å². The monoisotopic (exact) mass is 385 g/mol. The van der Waals surface area contributed by atoms with Gasteiger partial charge in [-0.3, -0.25) is 0 Å². The molecular formula is C19H32FN3O2S. The number of benzene rings is 1. The van der Waals surface area contributed by atoms with Crippen LogP contribution < -0.4 is 15.2 Å². The van der Waals surface area contributed by atoms with E-state index in [9.17, 15) is 4.39 Å². The predicted octanol–water partition coefficient (Wildman–Crippen LogP) is 3.66. The van der Waals surface area contributed by atoms with E-state index in [4.69, 9.17) is 14.7 Å². The third-order valence-electron chi connectivity index (χ3n) is 4.77. The maximum absolute atomic E-state index is 14.1. The summed E-state index contributed by atoms with van der Waals surface area (Å²) in [4.78, 5) is 2.27. The Morgan fingerprint density at radius 3 is 2.96 bits per heavy atom. The maximum Gasteiger partial charge on any atom is 0.165 e. The Morgan fingerprint density at radius 1 is 1.38 bits per heavy atom. The molecule has 1 aliphatic rings. The highest BCUT2D eigenvalue weighted by Crippen LogP contribution is 2.25. The number of likely N-dealkylation sites (N-methyl/N-ethyl adjacent to an activating group) is 1. The van der Waals surface area contributed by atoms with Gasteiger partial charge in [-0.2, -0.15) is 0 Å². The van der Waals surface area contributed by atoms with Gasteiger partial charge in [-0.15, -0.1) is 0 Å². The van der Waals surface area contributed by atoms with Gasteiger partial charge in [-0.05, 0) is 76.9 Å². The molecule has 26 heavy (non-hydrogen) atoms. The minimum Gasteiger partial charge on any atom is -0.489 e. The summed E-state index contributed by atoms with van der Waals surface area (Å²) in [6.45, 7) is 5.05. The molecule has 2 atom stereocenters. The Morgan fingerprint density at radius 2 is 2.23 bits per heavy atom. The molecule has 2 rings (SSSR count). The van der Waals surface area contributed by atoms with Crippen molar-refractivity contribution in [2.75, 3.05) is 33.4 Å². The van der Waals surface area contributed by atoms with Crippen LogP contribution in [0.5, 0.6) is 5.75 Å². The third-order valence-corrected chi connectivity index (χ3v) is 5.51. The number of rotatable bonds is 12. The largest absolute Gasteiger partial charge is 0.489 e. The lowest BCUT2D eigenvalue weighted by Crippen LogP contribution is -2.30. The molecule has 0 amide bonds. The van der Waals surface area contributed by atoms with Gasteiger partial charge in [0.05, 0.1) is 18.8 Å². The van der Waals surface area contributed by atoms with Crippen molar-refractivity contribution in [2.45, 2.75) is 51.1 Å². The molecule has 0 aliphatic carbocycles. The molecule has 0 spiro atoms. The fraction of sp³-hybridized carbons (Fsp3) is 0.684. The van der Waals surface area contributed by atoms with Crippen LogP contribution in [-0.2, 0) is 4.18 Å². The molecule has 1 fully saturated rings. The zero-order valence-corrected chi connectivity index (χ0v) is 16.7. The minimum absolute atomic E-state index is 0.0288. The van der Waals surface area contributed by atoms with Crippen molar-refractivity contribution >= 4 is 12.2 Å². The van der Waals surface area contributed by atoms with Gasteiger partial charge >= 0.3 is 0 Å². The first-order valence-electron chi connectivity index (χ1n) is 9.48. The summed E-state index contributed by atoms with van der Waals surface area (Å²) in [5, 5.41) is 0. The summed E-state index contributed by atoms with van der Waals surface area (Å²) >= 11 is 1.24. The lowest BCUT2D eigenvalue weighted by atomic mass is 10.1. The molecule has 0 aromatic heterocycles. The lowest BCUT2D eigenvalue weighted by molar-refractivity contribution is 0.193. The van der Waals surface area contributed by atoms with Crippen molar-refractivity contribution in [3.05, 3.63) is 29.6 Å². The molecule has 0 bridgehead atoms. The first kappa shape index (κ1) is 21.4. The van der Waals surface area contributed by atoms with Crippen molar-refractivity contribution in [1.29, 1.82) is 0 Å². The van der Waals surface area contributed by atoms with Gasteiger partial charge in [0.1, 0.15) is 6.61 Å². The number of halogens is 1. The average molecular weight is 386 g/mol. The fourth-order valence-corrected chi connectivity index (χ4v) is 3.52. The van der Waals surface area contributed by atoms with Gasteiger partial charge in [0.2, 0.25) is 0 Å². The third kappa shape index (κ3) is 7.04. The quantitative estimate of drug-likeness (QED) is 0.325. The summed E-state index contributed by atoms with van der Waals surface area (Å²) in [6.07, 6.45) is 5.41. The molecule has 2 unspecified atom stereocenters. The van der Waals surface area contributed by atoms with Crippen molar-refractivity contribution < 1.29 is 13.3 Å². The SMILES string of the molecule is CC(NSOCCCCCN)c1ccc(F)c(OCC2CCCN2C)c1. The molecule has 5 nitrogen and oxygen atoms in total. The fourth-order valence-electron chi connectivity index (χ4n) is 2.97. The molecule has 148 valence electrons. The number of nitrogens with two attached hydrogens (primary N) is 1. The van der Waals surface area contributed by atoms with Crippen LogP contribution in [-0.4, -0.2) is 44.3 Å². The number of ether oxygens (including phenoxy) is 1. The topological polar surface area (TPSA) is 59.8 Å². The van der Waals surface area contributed by atoms with Crippen LogP contribution in [0, 0.1) is 5.82 Å². The first-order valence-corrected chi connectivity index (χ1v) is 10.2. The van der Waals surface area contributed by atoms with Gasteiger partial charge in [-0.25, -0.2) is 9.11 Å². The molecule has 3 N–H and O–H groups in total. The lowest BCUT2D eigenvalue weighted by Gasteiger charge is -2.20. The molecule has 1 aliphatic heterocycles. The van der Waals surface area contributed by atoms with E-state index in [1.807, 2.05) is 6.92 Å². The number of likely N-dealkylation sites (tertiary alicyclic amines) is 1. The van der Waals surface area contributed by atoms with Crippen molar-refractivity contribution in [2.24, 2.45) is 5.73 Å². The van der Waals surface area contributed by atoms with Crippen LogP contribution in [0.4, 0.5) is 4.39 Å². The molecule has 1 saturated heterocycles. The van der Waals surface area contributed by atoms with Crippen LogP contribution in [0.15, 0.2) is 18.2 Å². The molecule has 1 aromatic carbocycles. The smallest absolute Gasteiger partial charge is 0.165 e. The van der Waals surface area contributed by atoms with Gasteiger partial charge in [-0.1, -0.05) is 6.07 Å². The number of hydrogen-bond donors (Lipinski definition) is 2. The number of nitrogens with zero attached hydrogens (tertiary/aromatic N) is 1. The summed E-state index contributed by atoms with van der Waals surface area (Å²) in [5.74, 6) is 0.00885. The molecule has 7 heteroatoms. The highest BCUT2D eigenvalue weighted by molar-refractivity contribution is 7.92. The van der Waals surface area contributed by atoms with Crippen LogP contribution in [0.25, 0.3) is 0 Å². The Kier molecular flexibility index (Phi) is 9.71. The maximum atomic E-state index is 14.1. The summed E-state index contributed by atoms with van der Waals surface area (Å²) < 4.78 is 28.6. The van der Waals surface area contributed by atoms with E-state index in [1.54, 1.807) is 12.1 Å². The zero-order valence-electron chi connectivity index (χ0n) is 15.9. The van der Waals surface area contributed by atoms with E-state index in [1.165, 1.54) is 24.7 Å². The standard InChI is InChI=1S/C19H32FN3O2S/c1-15(22-26-25-12-5-3-4-10-21)16-8-9-18(20)19(13-16)24-14-17-7-6-11-23(17)2/h8-9,13,15,17,22H,3-7,10-12,14,21H2,1-2H3. The molecular weight excluding hydrogens is 353 g/mol. The number of hydrogen-bond acceptors (Lipinski definition) is 6. The van der Waals surface area contributed by atoms with E-state index in [2.05, 4.69) is 16.7 Å². The molecule has 1 aromatic rings. The zero-order chi connectivity index (χ0) is 18.8. The van der Waals surface area contributed by atoms with E-state index >= 15 is 0 Å². The van der Waals surface area contributed by atoms with E-state index < -0.39 is 0 Å². The van der Waals surface area contributed by atoms with Gasteiger partial charge < -0.3 is 19.6 Å². The minimum atomic E-state index is -0.314. The highest BCUT2D eigenvalue weighted by atomic mass is 32.2. The summed E-state index contributed by atoms with van der Waals surface area (Å²) in [6, 6.07) is 5.44. The Bertz CT molecular complexity index is 536. The van der Waals surface area contributed by atoms with E-state index in [0.717, 1.165) is 44.3 Å². The van der Waals surface area contributed by atoms with E-state index in [0.29, 0.717) is 25.0 Å². The second-order valence-corrected chi connectivity index (χ2v) is 7.51. The van der Waals surface area contributed by atoms with Crippen LogP contribution >= 0.6 is 12.2 Å². The second-order valence-electron chi connectivity index (χ2n) is 6.87. The number of unbranched alkanes of at least 4 members (excludes halogenated alkanes) is 2. The Labute approximate surface area is 161 Å². The second kappa shape index (κ2) is 11.8. The van der Waals surface area contributed by atoms with Crippen molar-refractivity contribution in [1.82, 2.24) is 9.62 Å². The highest BCUT2D eigenvalue weighted by Gasteiger charge is 2.22. The van der Waals surface area contributed by atoms with E-state index in [-0.39, 0.29) is 11.9 Å². The van der Waals surface area contributed by atoms with Crippen LogP contribution in [0.2, 0.25) is 0 Å². The Balaban J connectivity index is 1.75. The number of nitrogens with one attached hydrogen (secondary N) is 1. The average Bonchev–Trinajstić information content (AvgIpc) is 3.05. The molecule has 0 radical (unpaired) electrons. The van der Waals surface area contributed by atoms with Gasteiger partial charge in [0.25, 0.3) is 0 Å². The van der Waals surface area contributed by atoms with Gasteiger partial charge in [0.15, 0.2) is 11.6 Å². The van der Waals surface area contributed by atoms with Crippen molar-refractivity contribution in [3.8, 4) is 5.75 Å². The Hall–Kier alpha value is -0.860. The van der Waals surface area contributed by atoms with Gasteiger partial charge in [0, 0.05) is 12.1 Å². The summed E-state index contributed by atoms with van der Waals surface area (Å²) in [7, 11) is 2.09. The van der Waals surface area contributed by atoms with Crippen LogP contribution in [0.1, 0.15) is 50.6 Å². The summed E-state index contributed by atoms with van der Waals surface area (Å²) in [5.41, 5.74) is 6.43. The molecule has 0 saturated carbocycles. The molecule has 1 heterocycles. The first-order chi connectivity index (χ1) is 12.6.